The molecule has 182 valence electrons. The highest BCUT2D eigenvalue weighted by Crippen LogP contribution is 2.27. The number of nitrogens with zero attached hydrogens (tertiary/aromatic N) is 3. The molecule has 0 saturated carbocycles. The molecular weight excluding hydrogens is 418 g/mol. The van der Waals surface area contributed by atoms with E-state index in [-0.39, 0.29) is 29.8 Å². The Balaban J connectivity index is 2.24. The van der Waals surface area contributed by atoms with Gasteiger partial charge in [0.2, 0.25) is 5.91 Å². The van der Waals surface area contributed by atoms with Gasteiger partial charge in [-0.15, -0.1) is 0 Å². The van der Waals surface area contributed by atoms with Gasteiger partial charge in [-0.05, 0) is 36.6 Å². The number of ether oxygens (including phenoxy) is 1. The smallest absolute Gasteiger partial charge is 0.317 e. The zero-order valence-corrected chi connectivity index (χ0v) is 21.1. The third-order valence-electron chi connectivity index (χ3n) is 5.08. The highest BCUT2D eigenvalue weighted by atomic mass is 16.5. The molecule has 1 aromatic carbocycles. The number of unbranched alkanes of at least 4 members (excludes halogenated alkanes) is 1. The van der Waals surface area contributed by atoms with Crippen LogP contribution in [0, 0.1) is 5.92 Å². The summed E-state index contributed by atoms with van der Waals surface area (Å²) in [5, 5.41) is 10.6. The number of carbonyl (C=O) groups is 2. The van der Waals surface area contributed by atoms with Crippen molar-refractivity contribution in [3.63, 3.8) is 0 Å². The van der Waals surface area contributed by atoms with Crippen LogP contribution >= 0.6 is 0 Å². The lowest BCUT2D eigenvalue weighted by molar-refractivity contribution is -0.116. The predicted molar refractivity (Wildman–Crippen MR) is 132 cm³/mol. The van der Waals surface area contributed by atoms with Crippen LogP contribution in [0.1, 0.15) is 60.1 Å². The summed E-state index contributed by atoms with van der Waals surface area (Å²) in [4.78, 5) is 27.2. The topological polar surface area (TPSA) is 88.5 Å². The van der Waals surface area contributed by atoms with Gasteiger partial charge in [0.25, 0.3) is 0 Å². The van der Waals surface area contributed by atoms with E-state index < -0.39 is 0 Å². The van der Waals surface area contributed by atoms with E-state index in [1.54, 1.807) is 16.7 Å². The monoisotopic (exact) mass is 457 g/mol. The number of aromatic nitrogens is 2. The summed E-state index contributed by atoms with van der Waals surface area (Å²) in [6.45, 7) is 13.4. The van der Waals surface area contributed by atoms with E-state index in [4.69, 9.17) is 9.84 Å². The lowest BCUT2D eigenvalue weighted by Gasteiger charge is -2.24. The van der Waals surface area contributed by atoms with Crippen molar-refractivity contribution in [1.29, 1.82) is 0 Å². The number of urea groups is 1. The second-order valence-corrected chi connectivity index (χ2v) is 9.68. The third kappa shape index (κ3) is 7.80. The maximum Gasteiger partial charge on any atom is 0.317 e. The van der Waals surface area contributed by atoms with Crippen LogP contribution in [0.4, 0.5) is 10.6 Å². The summed E-state index contributed by atoms with van der Waals surface area (Å²) in [6, 6.07) is 9.15. The first-order valence-electron chi connectivity index (χ1n) is 11.6. The number of anilines is 1. The summed E-state index contributed by atoms with van der Waals surface area (Å²) >= 11 is 0. The fraction of sp³-hybridized carbons (Fsp3) is 0.560. The Morgan fingerprint density at radius 3 is 2.39 bits per heavy atom. The summed E-state index contributed by atoms with van der Waals surface area (Å²) in [6.07, 6.45) is 1.90. The Labute approximate surface area is 197 Å². The SMILES string of the molecule is CCCCNC(=O)N(CC(=O)Nc1cc(C(C)(C)C)nn1-c1ccc(OC)cc1)CC(C)C. The number of benzene rings is 1. The van der Waals surface area contributed by atoms with Crippen molar-refractivity contribution < 1.29 is 14.3 Å². The second kappa shape index (κ2) is 11.7. The van der Waals surface area contributed by atoms with Gasteiger partial charge >= 0.3 is 6.03 Å². The largest absolute Gasteiger partial charge is 0.497 e. The molecule has 3 amide bonds. The van der Waals surface area contributed by atoms with E-state index in [2.05, 4.69) is 38.3 Å². The van der Waals surface area contributed by atoms with Crippen molar-refractivity contribution in [2.75, 3.05) is 32.1 Å². The molecule has 33 heavy (non-hydrogen) atoms. The lowest BCUT2D eigenvalue weighted by Crippen LogP contribution is -2.46. The van der Waals surface area contributed by atoms with Gasteiger partial charge < -0.3 is 20.3 Å². The van der Waals surface area contributed by atoms with Crippen molar-refractivity contribution in [1.82, 2.24) is 20.0 Å². The van der Waals surface area contributed by atoms with Crippen LogP contribution < -0.4 is 15.4 Å². The van der Waals surface area contributed by atoms with Crippen molar-refractivity contribution >= 4 is 17.8 Å². The van der Waals surface area contributed by atoms with E-state index in [0.717, 1.165) is 30.0 Å². The van der Waals surface area contributed by atoms with E-state index in [1.165, 1.54) is 0 Å². The summed E-state index contributed by atoms with van der Waals surface area (Å²) < 4.78 is 6.96. The highest BCUT2D eigenvalue weighted by molar-refractivity contribution is 5.94. The van der Waals surface area contributed by atoms with Gasteiger partial charge in [-0.2, -0.15) is 5.10 Å². The molecule has 0 aliphatic rings. The van der Waals surface area contributed by atoms with E-state index >= 15 is 0 Å². The van der Waals surface area contributed by atoms with Gasteiger partial charge in [0.15, 0.2) is 0 Å². The number of carbonyl (C=O) groups excluding carboxylic acids is 2. The van der Waals surface area contributed by atoms with Crippen molar-refractivity contribution in [2.24, 2.45) is 5.92 Å². The van der Waals surface area contributed by atoms with E-state index in [9.17, 15) is 9.59 Å². The molecule has 0 aliphatic carbocycles. The quantitative estimate of drug-likeness (QED) is 0.511. The van der Waals surface area contributed by atoms with Crippen molar-refractivity contribution in [3.05, 3.63) is 36.0 Å². The van der Waals surface area contributed by atoms with Crippen molar-refractivity contribution in [2.45, 2.75) is 59.8 Å². The fourth-order valence-corrected chi connectivity index (χ4v) is 3.26. The minimum absolute atomic E-state index is 0.0330. The fourth-order valence-electron chi connectivity index (χ4n) is 3.26. The van der Waals surface area contributed by atoms with Gasteiger partial charge in [0.1, 0.15) is 18.1 Å². The first-order valence-corrected chi connectivity index (χ1v) is 11.6. The minimum Gasteiger partial charge on any atom is -0.497 e. The summed E-state index contributed by atoms with van der Waals surface area (Å²) in [5.74, 6) is 1.28. The third-order valence-corrected chi connectivity index (χ3v) is 5.08. The van der Waals surface area contributed by atoms with Gasteiger partial charge in [0, 0.05) is 24.6 Å². The number of hydrogen-bond acceptors (Lipinski definition) is 4. The number of nitrogens with one attached hydrogen (secondary N) is 2. The standard InChI is InChI=1S/C25H39N5O3/c1-8-9-14-26-24(32)29(16-18(2)3)17-23(31)27-22-15-21(25(4,5)6)28-30(22)19-10-12-20(33-7)13-11-19/h10-13,15,18H,8-9,14,16-17H2,1-7H3,(H,26,32)(H,27,31). The van der Waals surface area contributed by atoms with Crippen LogP contribution in [-0.4, -0.2) is 53.4 Å². The molecular formula is C25H39N5O3. The van der Waals surface area contributed by atoms with Crippen LogP contribution in [0.25, 0.3) is 5.69 Å². The molecule has 8 nitrogen and oxygen atoms in total. The molecule has 0 radical (unpaired) electrons. The number of hydrogen-bond donors (Lipinski definition) is 2. The molecule has 0 bridgehead atoms. The van der Waals surface area contributed by atoms with Gasteiger partial charge in [-0.1, -0.05) is 48.0 Å². The average molecular weight is 458 g/mol. The van der Waals surface area contributed by atoms with Crippen LogP contribution in [0.2, 0.25) is 0 Å². The van der Waals surface area contributed by atoms with E-state index in [1.807, 2.05) is 44.2 Å². The summed E-state index contributed by atoms with van der Waals surface area (Å²) in [5.41, 5.74) is 1.46. The Kier molecular flexibility index (Phi) is 9.32. The number of methoxy groups -OCH3 is 1. The lowest BCUT2D eigenvalue weighted by atomic mass is 9.92. The van der Waals surface area contributed by atoms with Crippen LogP contribution in [0.3, 0.4) is 0 Å². The van der Waals surface area contributed by atoms with E-state index in [0.29, 0.717) is 18.9 Å². The van der Waals surface area contributed by atoms with Crippen molar-refractivity contribution in [3.8, 4) is 11.4 Å². The van der Waals surface area contributed by atoms with Gasteiger partial charge in [-0.3, -0.25) is 4.79 Å². The maximum absolute atomic E-state index is 13.0. The predicted octanol–water partition coefficient (Wildman–Crippen LogP) is 4.58. The zero-order chi connectivity index (χ0) is 24.6. The molecule has 0 fully saturated rings. The molecule has 0 atom stereocenters. The molecule has 8 heteroatoms. The Hall–Kier alpha value is -3.03. The highest BCUT2D eigenvalue weighted by Gasteiger charge is 2.23. The average Bonchev–Trinajstić information content (AvgIpc) is 3.17. The van der Waals surface area contributed by atoms with Crippen LogP contribution in [0.15, 0.2) is 30.3 Å². The number of rotatable bonds is 10. The van der Waals surface area contributed by atoms with Crippen LogP contribution in [-0.2, 0) is 10.2 Å². The Morgan fingerprint density at radius 2 is 1.85 bits per heavy atom. The normalized spacial score (nSPS) is 11.4. The minimum atomic E-state index is -0.267. The second-order valence-electron chi connectivity index (χ2n) is 9.68. The van der Waals surface area contributed by atoms with Crippen LogP contribution in [0.5, 0.6) is 5.75 Å². The molecule has 2 rings (SSSR count). The van der Waals surface area contributed by atoms with Gasteiger partial charge in [0.05, 0.1) is 18.5 Å². The molecule has 2 N–H and O–H groups in total. The molecule has 0 unspecified atom stereocenters. The summed E-state index contributed by atoms with van der Waals surface area (Å²) in [7, 11) is 1.62. The maximum atomic E-state index is 13.0. The molecule has 0 aliphatic heterocycles. The van der Waals surface area contributed by atoms with Gasteiger partial charge in [-0.25, -0.2) is 9.48 Å². The molecule has 2 aromatic rings. The number of amides is 3. The molecule has 0 saturated heterocycles. The zero-order valence-electron chi connectivity index (χ0n) is 21.1. The first-order chi connectivity index (χ1) is 15.5. The molecule has 1 aromatic heterocycles. The molecule has 1 heterocycles. The Bertz CT molecular complexity index is 913. The molecule has 0 spiro atoms. The Morgan fingerprint density at radius 1 is 1.18 bits per heavy atom. The first kappa shape index (κ1) is 26.2.